The Morgan fingerprint density at radius 2 is 1.84 bits per heavy atom. The lowest BCUT2D eigenvalue weighted by atomic mass is 10.2. The summed E-state index contributed by atoms with van der Waals surface area (Å²) in [5.41, 5.74) is -0.439. The lowest BCUT2D eigenvalue weighted by Crippen LogP contribution is -2.08. The van der Waals surface area contributed by atoms with Crippen molar-refractivity contribution in [1.29, 1.82) is 0 Å². The van der Waals surface area contributed by atoms with Gasteiger partial charge in [-0.15, -0.1) is 0 Å². The second-order valence-corrected chi connectivity index (χ2v) is 3.73. The molecule has 0 aliphatic heterocycles. The van der Waals surface area contributed by atoms with Crippen LogP contribution < -0.4 is 0 Å². The normalized spacial score (nSPS) is 10.3. The van der Waals surface area contributed by atoms with Gasteiger partial charge in [0.15, 0.2) is 23.3 Å². The van der Waals surface area contributed by atoms with Crippen LogP contribution in [0.15, 0.2) is 23.5 Å². The van der Waals surface area contributed by atoms with Gasteiger partial charge in [-0.05, 0) is 12.2 Å². The predicted molar refractivity (Wildman–Crippen MR) is 62.3 cm³/mol. The van der Waals surface area contributed by atoms with E-state index >= 15 is 0 Å². The Labute approximate surface area is 110 Å². The fraction of sp³-hybridized carbons (Fsp3) is 0.0909. The molecule has 8 heteroatoms. The molecule has 1 aromatic carbocycles. The summed E-state index contributed by atoms with van der Waals surface area (Å²) < 4.78 is 53.9. The van der Waals surface area contributed by atoms with Gasteiger partial charge in [0.1, 0.15) is 5.69 Å². The van der Waals surface area contributed by atoms with Crippen molar-refractivity contribution in [3.63, 3.8) is 0 Å². The first-order chi connectivity index (χ1) is 9.02. The lowest BCUT2D eigenvalue weighted by molar-refractivity contribution is 0.431. The van der Waals surface area contributed by atoms with Crippen LogP contribution in [0.4, 0.5) is 23.2 Å². The van der Waals surface area contributed by atoms with Gasteiger partial charge in [-0.2, -0.15) is 10.1 Å². The van der Waals surface area contributed by atoms with Gasteiger partial charge in [0.05, 0.1) is 29.7 Å². The SMILES string of the molecule is Fc1cc(F)c(F)c(Cn2cc(N=C=S)cn2)c1F. The average molecular weight is 287 g/mol. The first kappa shape index (κ1) is 13.4. The number of isothiocyanates is 1. The molecular weight excluding hydrogens is 282 g/mol. The minimum absolute atomic E-state index is 0.152. The van der Waals surface area contributed by atoms with Gasteiger partial charge >= 0.3 is 0 Å². The summed E-state index contributed by atoms with van der Waals surface area (Å²) in [4.78, 5) is 3.59. The first-order valence-electron chi connectivity index (χ1n) is 4.95. The number of rotatable bonds is 3. The number of hydrogen-bond donors (Lipinski definition) is 0. The van der Waals surface area contributed by atoms with E-state index in [1.165, 1.54) is 12.4 Å². The molecule has 0 spiro atoms. The third kappa shape index (κ3) is 2.69. The number of hydrogen-bond acceptors (Lipinski definition) is 3. The zero-order chi connectivity index (χ0) is 14.0. The Hall–Kier alpha value is -2.05. The third-order valence-electron chi connectivity index (χ3n) is 2.32. The first-order valence-corrected chi connectivity index (χ1v) is 5.36. The maximum absolute atomic E-state index is 13.4. The van der Waals surface area contributed by atoms with E-state index in [-0.39, 0.29) is 6.07 Å². The largest absolute Gasteiger partial charge is 0.266 e. The van der Waals surface area contributed by atoms with Crippen molar-refractivity contribution >= 4 is 23.1 Å². The molecule has 0 radical (unpaired) electrons. The van der Waals surface area contributed by atoms with Crippen LogP contribution in [0.1, 0.15) is 5.56 Å². The van der Waals surface area contributed by atoms with Crippen molar-refractivity contribution in [2.45, 2.75) is 6.54 Å². The summed E-state index contributed by atoms with van der Waals surface area (Å²) in [6.07, 6.45) is 2.58. The fourth-order valence-corrected chi connectivity index (χ4v) is 1.58. The zero-order valence-corrected chi connectivity index (χ0v) is 10.0. The number of benzene rings is 1. The molecule has 0 unspecified atom stereocenters. The summed E-state index contributed by atoms with van der Waals surface area (Å²) in [6, 6.07) is 0.152. The van der Waals surface area contributed by atoms with Crippen LogP contribution in [0, 0.1) is 23.3 Å². The second kappa shape index (κ2) is 5.29. The summed E-state index contributed by atoms with van der Waals surface area (Å²) >= 11 is 4.38. The Morgan fingerprint density at radius 1 is 1.21 bits per heavy atom. The van der Waals surface area contributed by atoms with Gasteiger partial charge in [0, 0.05) is 6.07 Å². The van der Waals surface area contributed by atoms with E-state index in [1.54, 1.807) is 0 Å². The fourth-order valence-electron chi connectivity index (χ4n) is 1.47. The van der Waals surface area contributed by atoms with Gasteiger partial charge in [-0.25, -0.2) is 17.6 Å². The highest BCUT2D eigenvalue weighted by atomic mass is 32.1. The maximum atomic E-state index is 13.4. The number of aromatic nitrogens is 2. The number of halogens is 4. The molecule has 0 amide bonds. The minimum Gasteiger partial charge on any atom is -0.266 e. The van der Waals surface area contributed by atoms with Crippen LogP contribution in [-0.2, 0) is 6.54 Å². The molecule has 1 heterocycles. The van der Waals surface area contributed by atoms with Crippen LogP contribution in [-0.4, -0.2) is 14.9 Å². The molecule has 0 atom stereocenters. The molecule has 98 valence electrons. The van der Waals surface area contributed by atoms with Crippen LogP contribution in [0.5, 0.6) is 0 Å². The number of thiocarbonyl (C=S) groups is 1. The smallest absolute Gasteiger partial charge is 0.167 e. The second-order valence-electron chi connectivity index (χ2n) is 3.55. The third-order valence-corrected chi connectivity index (χ3v) is 2.41. The van der Waals surface area contributed by atoms with Gasteiger partial charge < -0.3 is 0 Å². The monoisotopic (exact) mass is 287 g/mol. The van der Waals surface area contributed by atoms with Gasteiger partial charge in [-0.3, -0.25) is 4.68 Å². The van der Waals surface area contributed by atoms with E-state index in [4.69, 9.17) is 0 Å². The van der Waals surface area contributed by atoms with E-state index in [2.05, 4.69) is 27.5 Å². The summed E-state index contributed by atoms with van der Waals surface area (Å²) in [6.45, 7) is -0.473. The van der Waals surface area contributed by atoms with E-state index in [1.807, 2.05) is 0 Å². The maximum Gasteiger partial charge on any atom is 0.167 e. The predicted octanol–water partition coefficient (Wildman–Crippen LogP) is 3.22. The molecule has 19 heavy (non-hydrogen) atoms. The van der Waals surface area contributed by atoms with Crippen molar-refractivity contribution in [2.75, 3.05) is 0 Å². The molecule has 2 aromatic rings. The van der Waals surface area contributed by atoms with E-state index in [0.717, 1.165) is 4.68 Å². The standard InChI is InChI=1S/C11H5F4N3S/c12-8-1-9(13)11(15)7(10(8)14)4-18-3-6(2-17-18)16-5-19/h1-3H,4H2. The Balaban J connectivity index is 2.40. The van der Waals surface area contributed by atoms with E-state index < -0.39 is 35.4 Å². The van der Waals surface area contributed by atoms with Crippen molar-refractivity contribution in [1.82, 2.24) is 9.78 Å². The molecule has 0 N–H and O–H groups in total. The molecule has 0 aliphatic carbocycles. The summed E-state index contributed by atoms with van der Waals surface area (Å²) in [7, 11) is 0. The van der Waals surface area contributed by atoms with Crippen molar-refractivity contribution in [3.8, 4) is 0 Å². The average Bonchev–Trinajstić information content (AvgIpc) is 2.80. The molecule has 0 fully saturated rings. The van der Waals surface area contributed by atoms with Crippen LogP contribution >= 0.6 is 12.2 Å². The minimum atomic E-state index is -1.46. The highest BCUT2D eigenvalue weighted by Gasteiger charge is 2.19. The lowest BCUT2D eigenvalue weighted by Gasteiger charge is -2.06. The van der Waals surface area contributed by atoms with Gasteiger partial charge in [0.25, 0.3) is 0 Å². The highest BCUT2D eigenvalue weighted by molar-refractivity contribution is 7.78. The molecule has 2 rings (SSSR count). The van der Waals surface area contributed by atoms with Crippen LogP contribution in [0.25, 0.3) is 0 Å². The topological polar surface area (TPSA) is 30.2 Å². The Bertz CT molecular complexity index is 651. The highest BCUT2D eigenvalue weighted by Crippen LogP contribution is 2.20. The van der Waals surface area contributed by atoms with Crippen molar-refractivity contribution in [2.24, 2.45) is 4.99 Å². The van der Waals surface area contributed by atoms with Gasteiger partial charge in [-0.1, -0.05) is 0 Å². The molecule has 1 aromatic heterocycles. The van der Waals surface area contributed by atoms with Crippen LogP contribution in [0.2, 0.25) is 0 Å². The molecule has 0 saturated carbocycles. The Kier molecular flexibility index (Phi) is 3.73. The molecule has 0 aliphatic rings. The zero-order valence-electron chi connectivity index (χ0n) is 9.20. The molecular formula is C11H5F4N3S. The molecule has 3 nitrogen and oxygen atoms in total. The summed E-state index contributed by atoms with van der Waals surface area (Å²) in [5.74, 6) is -5.82. The van der Waals surface area contributed by atoms with Crippen molar-refractivity contribution in [3.05, 3.63) is 47.3 Å². The molecule has 0 saturated heterocycles. The number of nitrogens with zero attached hydrogens (tertiary/aromatic N) is 3. The quantitative estimate of drug-likeness (QED) is 0.375. The van der Waals surface area contributed by atoms with Crippen LogP contribution in [0.3, 0.4) is 0 Å². The van der Waals surface area contributed by atoms with E-state index in [9.17, 15) is 17.6 Å². The van der Waals surface area contributed by atoms with Crippen molar-refractivity contribution < 1.29 is 17.6 Å². The van der Waals surface area contributed by atoms with E-state index in [0.29, 0.717) is 5.69 Å². The van der Waals surface area contributed by atoms with Gasteiger partial charge in [0.2, 0.25) is 0 Å². The number of aliphatic imine (C=N–C) groups is 1. The molecule has 0 bridgehead atoms. The summed E-state index contributed by atoms with van der Waals surface area (Å²) in [5, 5.41) is 5.82. The Morgan fingerprint density at radius 3 is 2.42 bits per heavy atom.